The van der Waals surface area contributed by atoms with Gasteiger partial charge in [0.1, 0.15) is 0 Å². The highest BCUT2D eigenvalue weighted by Crippen LogP contribution is 2.22. The fourth-order valence-electron chi connectivity index (χ4n) is 2.16. The third-order valence-electron chi connectivity index (χ3n) is 3.02. The monoisotopic (exact) mass is 270 g/mol. The number of nitrogen functional groups attached to an aromatic ring is 1. The smallest absolute Gasteiger partial charge is 0.238 e. The quantitative estimate of drug-likeness (QED) is 0.673. The maximum Gasteiger partial charge on any atom is 0.238 e. The second kappa shape index (κ2) is 4.75. The second-order valence-corrected chi connectivity index (χ2v) is 6.29. The van der Waals surface area contributed by atoms with Gasteiger partial charge in [0.05, 0.1) is 4.90 Å². The van der Waals surface area contributed by atoms with E-state index in [1.807, 2.05) is 0 Å². The van der Waals surface area contributed by atoms with Crippen molar-refractivity contribution in [3.63, 3.8) is 0 Å². The van der Waals surface area contributed by atoms with Crippen LogP contribution in [0, 0.1) is 0 Å². The summed E-state index contributed by atoms with van der Waals surface area (Å²) in [6.45, 7) is 1.96. The lowest BCUT2D eigenvalue weighted by molar-refractivity contribution is 0.414. The zero-order valence-corrected chi connectivity index (χ0v) is 11.1. The molecule has 0 amide bonds. The van der Waals surface area contributed by atoms with E-state index in [4.69, 9.17) is 10.9 Å². The summed E-state index contributed by atoms with van der Waals surface area (Å²) in [7, 11) is -1.67. The van der Waals surface area contributed by atoms with Crippen molar-refractivity contribution in [2.45, 2.75) is 17.4 Å². The topological polar surface area (TPSA) is 101 Å². The molecule has 5 N–H and O–H groups in total. The van der Waals surface area contributed by atoms with Crippen molar-refractivity contribution in [1.29, 1.82) is 0 Å². The summed E-state index contributed by atoms with van der Waals surface area (Å²) in [5.74, 6) is 0. The number of likely N-dealkylation sites (N-methyl/N-ethyl adjacent to an activating group) is 1. The minimum atomic E-state index is -3.72. The van der Waals surface area contributed by atoms with E-state index in [0.717, 1.165) is 19.5 Å². The average Bonchev–Trinajstić information content (AvgIpc) is 2.61. The van der Waals surface area contributed by atoms with E-state index in [1.54, 1.807) is 6.07 Å². The Kier molecular flexibility index (Phi) is 3.47. The summed E-state index contributed by atoms with van der Waals surface area (Å²) in [4.78, 5) is 2.25. The van der Waals surface area contributed by atoms with Crippen LogP contribution in [-0.2, 0) is 10.0 Å². The van der Waals surface area contributed by atoms with Crippen LogP contribution in [0.2, 0.25) is 0 Å². The van der Waals surface area contributed by atoms with Crippen LogP contribution in [0.25, 0.3) is 0 Å². The molecular formula is C11H18N4O2S. The van der Waals surface area contributed by atoms with Crippen LogP contribution in [0.15, 0.2) is 23.1 Å². The Balaban J connectivity index is 2.21. The summed E-state index contributed by atoms with van der Waals surface area (Å²) < 4.78 is 22.6. The second-order valence-electron chi connectivity index (χ2n) is 4.73. The lowest BCUT2D eigenvalue weighted by Gasteiger charge is -2.15. The number of likely N-dealkylation sites (tertiary alicyclic amines) is 1. The molecule has 2 rings (SSSR count). The van der Waals surface area contributed by atoms with Gasteiger partial charge >= 0.3 is 0 Å². The molecule has 1 aromatic carbocycles. The van der Waals surface area contributed by atoms with E-state index in [1.165, 1.54) is 12.1 Å². The molecule has 0 aromatic heterocycles. The summed E-state index contributed by atoms with van der Waals surface area (Å²) in [5.41, 5.74) is 6.77. The van der Waals surface area contributed by atoms with E-state index in [9.17, 15) is 8.42 Å². The van der Waals surface area contributed by atoms with E-state index < -0.39 is 10.0 Å². The average molecular weight is 270 g/mol. The molecule has 100 valence electrons. The number of benzene rings is 1. The van der Waals surface area contributed by atoms with Crippen molar-refractivity contribution in [3.8, 4) is 0 Å². The van der Waals surface area contributed by atoms with Crippen LogP contribution in [-0.4, -0.2) is 39.5 Å². The number of primary sulfonamides is 1. The van der Waals surface area contributed by atoms with Crippen LogP contribution >= 0.6 is 0 Å². The zero-order chi connectivity index (χ0) is 13.3. The highest BCUT2D eigenvalue weighted by Gasteiger charge is 2.19. The van der Waals surface area contributed by atoms with E-state index in [0.29, 0.717) is 17.4 Å². The highest BCUT2D eigenvalue weighted by atomic mass is 32.2. The number of nitrogens with one attached hydrogen (secondary N) is 1. The van der Waals surface area contributed by atoms with Gasteiger partial charge in [0, 0.05) is 24.0 Å². The molecule has 1 atom stereocenters. The molecule has 7 heteroatoms. The molecule has 1 heterocycles. The Hall–Kier alpha value is -1.31. The van der Waals surface area contributed by atoms with Crippen LogP contribution in [0.4, 0.5) is 11.4 Å². The molecule has 6 nitrogen and oxygen atoms in total. The minimum Gasteiger partial charge on any atom is -0.399 e. The number of rotatable bonds is 3. The molecular weight excluding hydrogens is 252 g/mol. The van der Waals surface area contributed by atoms with Gasteiger partial charge in [0.25, 0.3) is 0 Å². The highest BCUT2D eigenvalue weighted by molar-refractivity contribution is 7.89. The summed E-state index contributed by atoms with van der Waals surface area (Å²) >= 11 is 0. The van der Waals surface area contributed by atoms with Gasteiger partial charge in [-0.3, -0.25) is 0 Å². The first kappa shape index (κ1) is 13.1. The lowest BCUT2D eigenvalue weighted by atomic mass is 10.2. The Morgan fingerprint density at radius 3 is 2.67 bits per heavy atom. The number of hydrogen-bond donors (Lipinski definition) is 3. The SMILES string of the molecule is CN1CCC(Nc2cc(N)cc(S(N)(=O)=O)c2)C1. The molecule has 1 fully saturated rings. The van der Waals surface area contributed by atoms with Crippen molar-refractivity contribution < 1.29 is 8.42 Å². The largest absolute Gasteiger partial charge is 0.399 e. The van der Waals surface area contributed by atoms with Gasteiger partial charge in [-0.15, -0.1) is 0 Å². The molecule has 18 heavy (non-hydrogen) atoms. The van der Waals surface area contributed by atoms with Gasteiger partial charge in [-0.2, -0.15) is 0 Å². The molecule has 0 saturated carbocycles. The molecule has 1 unspecified atom stereocenters. The minimum absolute atomic E-state index is 0.0383. The maximum atomic E-state index is 11.3. The summed E-state index contributed by atoms with van der Waals surface area (Å²) in [5, 5.41) is 8.39. The van der Waals surface area contributed by atoms with Crippen molar-refractivity contribution in [2.24, 2.45) is 5.14 Å². The van der Waals surface area contributed by atoms with Crippen LogP contribution in [0.3, 0.4) is 0 Å². The van der Waals surface area contributed by atoms with Crippen LogP contribution < -0.4 is 16.2 Å². The Morgan fingerprint density at radius 1 is 1.39 bits per heavy atom. The van der Waals surface area contributed by atoms with Crippen LogP contribution in [0.1, 0.15) is 6.42 Å². The van der Waals surface area contributed by atoms with Crippen molar-refractivity contribution >= 4 is 21.4 Å². The standard InChI is InChI=1S/C11H18N4O2S/c1-15-3-2-9(7-15)14-10-4-8(12)5-11(6-10)18(13,16)17/h4-6,9,14H,2-3,7,12H2,1H3,(H2,13,16,17). The number of anilines is 2. The van der Waals surface area contributed by atoms with Gasteiger partial charge in [0.2, 0.25) is 10.0 Å². The Bertz CT molecular complexity index is 544. The molecule has 1 aliphatic rings. The first-order chi connectivity index (χ1) is 8.34. The van der Waals surface area contributed by atoms with Gasteiger partial charge in [-0.05, 0) is 38.2 Å². The predicted octanol–water partition coefficient (Wildman–Crippen LogP) is 0.0322. The molecule has 0 bridgehead atoms. The number of sulfonamides is 1. The first-order valence-electron chi connectivity index (χ1n) is 5.73. The molecule has 0 radical (unpaired) electrons. The van der Waals surface area contributed by atoms with E-state index in [-0.39, 0.29) is 4.90 Å². The number of nitrogens with zero attached hydrogens (tertiary/aromatic N) is 1. The lowest BCUT2D eigenvalue weighted by Crippen LogP contribution is -2.23. The summed E-state index contributed by atoms with van der Waals surface area (Å²) in [6.07, 6.45) is 1.02. The summed E-state index contributed by atoms with van der Waals surface area (Å²) in [6, 6.07) is 4.91. The number of hydrogen-bond acceptors (Lipinski definition) is 5. The third-order valence-corrected chi connectivity index (χ3v) is 3.91. The molecule has 1 saturated heterocycles. The third kappa shape index (κ3) is 3.12. The molecule has 1 aromatic rings. The molecule has 1 aliphatic heterocycles. The zero-order valence-electron chi connectivity index (χ0n) is 10.3. The van der Waals surface area contributed by atoms with Crippen molar-refractivity contribution in [2.75, 3.05) is 31.2 Å². The van der Waals surface area contributed by atoms with Crippen molar-refractivity contribution in [3.05, 3.63) is 18.2 Å². The number of nitrogens with two attached hydrogens (primary N) is 2. The Labute approximate surface area is 107 Å². The maximum absolute atomic E-state index is 11.3. The van der Waals surface area contributed by atoms with E-state index >= 15 is 0 Å². The normalized spacial score (nSPS) is 21.1. The van der Waals surface area contributed by atoms with Crippen LogP contribution in [0.5, 0.6) is 0 Å². The molecule has 0 aliphatic carbocycles. The Morgan fingerprint density at radius 2 is 2.11 bits per heavy atom. The fraction of sp³-hybridized carbons (Fsp3) is 0.455. The first-order valence-corrected chi connectivity index (χ1v) is 7.28. The molecule has 0 spiro atoms. The van der Waals surface area contributed by atoms with Gasteiger partial charge in [0.15, 0.2) is 0 Å². The van der Waals surface area contributed by atoms with Gasteiger partial charge < -0.3 is 16.0 Å². The predicted molar refractivity (Wildman–Crippen MR) is 71.8 cm³/mol. The van der Waals surface area contributed by atoms with E-state index in [2.05, 4.69) is 17.3 Å². The van der Waals surface area contributed by atoms with Gasteiger partial charge in [-0.1, -0.05) is 0 Å². The van der Waals surface area contributed by atoms with Crippen molar-refractivity contribution in [1.82, 2.24) is 4.90 Å². The van der Waals surface area contributed by atoms with Gasteiger partial charge in [-0.25, -0.2) is 13.6 Å². The fourth-order valence-corrected chi connectivity index (χ4v) is 2.75.